The standard InChI is InChI=1S/C17H34O/c1-14(2)8-6-11-17(18)12-7-9-15(10-13-17)16(3,4)5/h14-15,18H,6-13H2,1-5H3. The first-order chi connectivity index (χ1) is 8.23. The molecule has 2 atom stereocenters. The number of aliphatic hydroxyl groups is 1. The Bertz CT molecular complexity index is 238. The van der Waals surface area contributed by atoms with Gasteiger partial charge in [0.05, 0.1) is 5.60 Å². The Morgan fingerprint density at radius 3 is 2.39 bits per heavy atom. The second kappa shape index (κ2) is 6.41. The summed E-state index contributed by atoms with van der Waals surface area (Å²) in [5.41, 5.74) is 0.0536. The van der Waals surface area contributed by atoms with Crippen LogP contribution in [0.1, 0.15) is 86.0 Å². The average molecular weight is 254 g/mol. The molecule has 1 heteroatoms. The van der Waals surface area contributed by atoms with E-state index in [0.29, 0.717) is 5.41 Å². The lowest BCUT2D eigenvalue weighted by Crippen LogP contribution is -2.28. The molecule has 2 unspecified atom stereocenters. The minimum atomic E-state index is -0.352. The van der Waals surface area contributed by atoms with E-state index >= 15 is 0 Å². The molecule has 1 rings (SSSR count). The van der Waals surface area contributed by atoms with Gasteiger partial charge in [0.2, 0.25) is 0 Å². The normalized spacial score (nSPS) is 30.5. The molecule has 1 aliphatic carbocycles. The molecule has 0 spiro atoms. The molecule has 0 aromatic rings. The summed E-state index contributed by atoms with van der Waals surface area (Å²) >= 11 is 0. The van der Waals surface area contributed by atoms with Crippen molar-refractivity contribution in [1.29, 1.82) is 0 Å². The van der Waals surface area contributed by atoms with Crippen LogP contribution in [-0.2, 0) is 0 Å². The van der Waals surface area contributed by atoms with Gasteiger partial charge >= 0.3 is 0 Å². The monoisotopic (exact) mass is 254 g/mol. The molecule has 1 nitrogen and oxygen atoms in total. The maximum Gasteiger partial charge on any atom is 0.0648 e. The fourth-order valence-electron chi connectivity index (χ4n) is 3.35. The molecular formula is C17H34O. The molecule has 0 amide bonds. The lowest BCUT2D eigenvalue weighted by Gasteiger charge is -2.31. The molecule has 0 aliphatic heterocycles. The topological polar surface area (TPSA) is 20.2 Å². The van der Waals surface area contributed by atoms with Crippen LogP contribution in [0.5, 0.6) is 0 Å². The number of hydrogen-bond donors (Lipinski definition) is 1. The lowest BCUT2D eigenvalue weighted by atomic mass is 9.76. The van der Waals surface area contributed by atoms with E-state index in [1.807, 2.05) is 0 Å². The van der Waals surface area contributed by atoms with Crippen molar-refractivity contribution < 1.29 is 5.11 Å². The van der Waals surface area contributed by atoms with Crippen LogP contribution in [0.15, 0.2) is 0 Å². The van der Waals surface area contributed by atoms with Gasteiger partial charge in [0, 0.05) is 0 Å². The van der Waals surface area contributed by atoms with Gasteiger partial charge in [0.15, 0.2) is 0 Å². The molecule has 0 saturated heterocycles. The number of hydrogen-bond acceptors (Lipinski definition) is 1. The predicted molar refractivity (Wildman–Crippen MR) is 79.7 cm³/mol. The van der Waals surface area contributed by atoms with E-state index in [1.54, 1.807) is 0 Å². The molecule has 108 valence electrons. The molecule has 0 heterocycles. The zero-order valence-electron chi connectivity index (χ0n) is 13.3. The van der Waals surface area contributed by atoms with Crippen molar-refractivity contribution in [2.24, 2.45) is 17.3 Å². The highest BCUT2D eigenvalue weighted by Crippen LogP contribution is 2.41. The van der Waals surface area contributed by atoms with Gasteiger partial charge in [0.25, 0.3) is 0 Å². The van der Waals surface area contributed by atoms with Gasteiger partial charge in [0.1, 0.15) is 0 Å². The summed E-state index contributed by atoms with van der Waals surface area (Å²) in [6.07, 6.45) is 9.23. The summed E-state index contributed by atoms with van der Waals surface area (Å²) in [5.74, 6) is 1.55. The third kappa shape index (κ3) is 5.30. The zero-order valence-corrected chi connectivity index (χ0v) is 13.3. The van der Waals surface area contributed by atoms with Crippen molar-refractivity contribution in [2.45, 2.75) is 91.6 Å². The highest BCUT2D eigenvalue weighted by atomic mass is 16.3. The van der Waals surface area contributed by atoms with Crippen LogP contribution >= 0.6 is 0 Å². The highest BCUT2D eigenvalue weighted by molar-refractivity contribution is 4.86. The summed E-state index contributed by atoms with van der Waals surface area (Å²) in [6.45, 7) is 11.6. The second-order valence-corrected chi connectivity index (χ2v) is 8.00. The fraction of sp³-hybridized carbons (Fsp3) is 1.00. The molecular weight excluding hydrogens is 220 g/mol. The van der Waals surface area contributed by atoms with E-state index in [0.717, 1.165) is 31.1 Å². The van der Waals surface area contributed by atoms with E-state index in [9.17, 15) is 5.11 Å². The van der Waals surface area contributed by atoms with Crippen LogP contribution in [0.4, 0.5) is 0 Å². The Balaban J connectivity index is 2.44. The lowest BCUT2D eigenvalue weighted by molar-refractivity contribution is 0.0110. The Kier molecular flexibility index (Phi) is 5.70. The van der Waals surface area contributed by atoms with Crippen molar-refractivity contribution in [3.05, 3.63) is 0 Å². The predicted octanol–water partition coefficient (Wildman–Crippen LogP) is 5.17. The first-order valence-corrected chi connectivity index (χ1v) is 7.95. The van der Waals surface area contributed by atoms with E-state index in [4.69, 9.17) is 0 Å². The Morgan fingerprint density at radius 2 is 1.83 bits per heavy atom. The molecule has 0 bridgehead atoms. The molecule has 0 aromatic heterocycles. The van der Waals surface area contributed by atoms with E-state index < -0.39 is 0 Å². The third-order valence-corrected chi connectivity index (χ3v) is 4.80. The van der Waals surface area contributed by atoms with Crippen molar-refractivity contribution in [2.75, 3.05) is 0 Å². The largest absolute Gasteiger partial charge is 0.390 e. The Morgan fingerprint density at radius 1 is 1.17 bits per heavy atom. The Hall–Kier alpha value is -0.0400. The molecule has 1 fully saturated rings. The van der Waals surface area contributed by atoms with E-state index in [2.05, 4.69) is 34.6 Å². The van der Waals surface area contributed by atoms with E-state index in [1.165, 1.54) is 32.1 Å². The molecule has 1 aliphatic rings. The summed E-state index contributed by atoms with van der Waals surface area (Å²) in [4.78, 5) is 0. The van der Waals surface area contributed by atoms with Crippen LogP contribution in [0.3, 0.4) is 0 Å². The fourth-order valence-corrected chi connectivity index (χ4v) is 3.35. The van der Waals surface area contributed by atoms with Gasteiger partial charge in [-0.25, -0.2) is 0 Å². The van der Waals surface area contributed by atoms with Crippen molar-refractivity contribution in [1.82, 2.24) is 0 Å². The van der Waals surface area contributed by atoms with Gasteiger partial charge in [-0.05, 0) is 49.4 Å². The van der Waals surface area contributed by atoms with Crippen molar-refractivity contribution in [3.8, 4) is 0 Å². The van der Waals surface area contributed by atoms with Gasteiger partial charge in [-0.15, -0.1) is 0 Å². The SMILES string of the molecule is CC(C)CCCC1(O)CCCC(C(C)(C)C)CC1. The zero-order chi connectivity index (χ0) is 13.8. The first kappa shape index (κ1) is 16.0. The minimum absolute atomic E-state index is 0.352. The van der Waals surface area contributed by atoms with Crippen LogP contribution < -0.4 is 0 Å². The van der Waals surface area contributed by atoms with Crippen molar-refractivity contribution in [3.63, 3.8) is 0 Å². The summed E-state index contributed by atoms with van der Waals surface area (Å²) in [7, 11) is 0. The van der Waals surface area contributed by atoms with E-state index in [-0.39, 0.29) is 5.60 Å². The van der Waals surface area contributed by atoms with Gasteiger partial charge in [-0.1, -0.05) is 53.9 Å². The van der Waals surface area contributed by atoms with Crippen LogP contribution in [-0.4, -0.2) is 10.7 Å². The number of rotatable bonds is 4. The molecule has 1 N–H and O–H groups in total. The molecule has 0 aromatic carbocycles. The molecule has 1 saturated carbocycles. The molecule has 0 radical (unpaired) electrons. The summed E-state index contributed by atoms with van der Waals surface area (Å²) in [5, 5.41) is 10.7. The van der Waals surface area contributed by atoms with Gasteiger partial charge < -0.3 is 5.11 Å². The quantitative estimate of drug-likeness (QED) is 0.686. The first-order valence-electron chi connectivity index (χ1n) is 7.95. The molecule has 18 heavy (non-hydrogen) atoms. The van der Waals surface area contributed by atoms with Crippen LogP contribution in [0, 0.1) is 17.3 Å². The summed E-state index contributed by atoms with van der Waals surface area (Å²) in [6, 6.07) is 0. The highest BCUT2D eigenvalue weighted by Gasteiger charge is 2.34. The van der Waals surface area contributed by atoms with Crippen molar-refractivity contribution >= 4 is 0 Å². The Labute approximate surface area is 114 Å². The second-order valence-electron chi connectivity index (χ2n) is 8.00. The van der Waals surface area contributed by atoms with Crippen LogP contribution in [0.2, 0.25) is 0 Å². The van der Waals surface area contributed by atoms with Gasteiger partial charge in [-0.2, -0.15) is 0 Å². The third-order valence-electron chi connectivity index (χ3n) is 4.80. The maximum atomic E-state index is 10.7. The maximum absolute atomic E-state index is 10.7. The average Bonchev–Trinajstić information content (AvgIpc) is 2.39. The van der Waals surface area contributed by atoms with Gasteiger partial charge in [-0.3, -0.25) is 0 Å². The smallest absolute Gasteiger partial charge is 0.0648 e. The van der Waals surface area contributed by atoms with Crippen LogP contribution in [0.25, 0.3) is 0 Å². The summed E-state index contributed by atoms with van der Waals surface area (Å²) < 4.78 is 0. The minimum Gasteiger partial charge on any atom is -0.390 e.